The minimum atomic E-state index is -1.11. The molecule has 5 atom stereocenters. The highest BCUT2D eigenvalue weighted by molar-refractivity contribution is 7.80. The fourth-order valence-electron chi connectivity index (χ4n) is 3.08. The molecular formula is C17H21N3O5S. The number of rotatable bonds is 4. The Balaban J connectivity index is 1.69. The summed E-state index contributed by atoms with van der Waals surface area (Å²) in [5.74, 6) is -0.813. The Bertz CT molecular complexity index is 705. The molecule has 0 unspecified atom stereocenters. The lowest BCUT2D eigenvalue weighted by molar-refractivity contribution is -0.218. The molecule has 2 saturated heterocycles. The van der Waals surface area contributed by atoms with Gasteiger partial charge in [0.05, 0.1) is 24.3 Å². The Morgan fingerprint density at radius 1 is 1.35 bits per heavy atom. The third-order valence-corrected chi connectivity index (χ3v) is 4.44. The van der Waals surface area contributed by atoms with Gasteiger partial charge in [-0.15, -0.1) is 0 Å². The summed E-state index contributed by atoms with van der Waals surface area (Å²) in [6.45, 7) is 3.09. The number of nitriles is 1. The first-order chi connectivity index (χ1) is 12.3. The standard InChI is InChI=1S/C17H21N3O5S/c1-17(2)24-14-12(13(11(22)8-21)23-15(14)25-17)20-16(26)19-10-5-3-9(7-18)4-6-10/h3-6,11-15,21-22H,8H2,1-2H3,(H2,19,20,26)/t11-,12+,13-,14-,15-/m1/s1. The first-order valence-corrected chi connectivity index (χ1v) is 8.61. The van der Waals surface area contributed by atoms with Crippen molar-refractivity contribution in [2.75, 3.05) is 11.9 Å². The minimum absolute atomic E-state index is 0.299. The first-order valence-electron chi connectivity index (χ1n) is 8.20. The highest BCUT2D eigenvalue weighted by Gasteiger charge is 2.56. The Labute approximate surface area is 156 Å². The van der Waals surface area contributed by atoms with Crippen molar-refractivity contribution >= 4 is 23.0 Å². The van der Waals surface area contributed by atoms with Gasteiger partial charge in [-0.05, 0) is 50.3 Å². The predicted molar refractivity (Wildman–Crippen MR) is 96.1 cm³/mol. The summed E-state index contributed by atoms with van der Waals surface area (Å²) < 4.78 is 17.3. The summed E-state index contributed by atoms with van der Waals surface area (Å²) in [7, 11) is 0. The van der Waals surface area contributed by atoms with Crippen LogP contribution in [0.4, 0.5) is 5.69 Å². The quantitative estimate of drug-likeness (QED) is 0.553. The van der Waals surface area contributed by atoms with E-state index in [-0.39, 0.29) is 0 Å². The van der Waals surface area contributed by atoms with Crippen molar-refractivity contribution in [2.24, 2.45) is 0 Å². The Hall–Kier alpha value is -1.80. The van der Waals surface area contributed by atoms with Gasteiger partial charge in [-0.3, -0.25) is 0 Å². The number of benzene rings is 1. The molecule has 0 aliphatic carbocycles. The number of hydrogen-bond donors (Lipinski definition) is 4. The molecule has 0 saturated carbocycles. The third kappa shape index (κ3) is 3.96. The maximum atomic E-state index is 10.1. The van der Waals surface area contributed by atoms with Gasteiger partial charge < -0.3 is 35.1 Å². The largest absolute Gasteiger partial charge is 0.394 e. The van der Waals surface area contributed by atoms with Crippen molar-refractivity contribution in [1.82, 2.24) is 5.32 Å². The third-order valence-electron chi connectivity index (χ3n) is 4.22. The topological polar surface area (TPSA) is 116 Å². The Kier molecular flexibility index (Phi) is 5.43. The number of ether oxygens (including phenoxy) is 3. The van der Waals surface area contributed by atoms with Crippen molar-refractivity contribution < 1.29 is 24.4 Å². The van der Waals surface area contributed by atoms with E-state index in [1.807, 2.05) is 6.07 Å². The van der Waals surface area contributed by atoms with Gasteiger partial charge in [0.15, 0.2) is 17.2 Å². The average Bonchev–Trinajstić information content (AvgIpc) is 3.07. The molecule has 3 rings (SSSR count). The molecule has 4 N–H and O–H groups in total. The van der Waals surface area contributed by atoms with Crippen LogP contribution in [0.2, 0.25) is 0 Å². The predicted octanol–water partition coefficient (Wildman–Crippen LogP) is 0.443. The van der Waals surface area contributed by atoms with Crippen LogP contribution in [0, 0.1) is 11.3 Å². The molecule has 2 aliphatic heterocycles. The monoisotopic (exact) mass is 379 g/mol. The van der Waals surface area contributed by atoms with Gasteiger partial charge in [0.1, 0.15) is 18.3 Å². The van der Waals surface area contributed by atoms with Crippen LogP contribution in [0.3, 0.4) is 0 Å². The van der Waals surface area contributed by atoms with Gasteiger partial charge in [0.2, 0.25) is 0 Å². The number of thiocarbonyl (C=S) groups is 1. The van der Waals surface area contributed by atoms with Crippen molar-refractivity contribution in [3.8, 4) is 6.07 Å². The molecule has 140 valence electrons. The number of aliphatic hydroxyl groups excluding tert-OH is 2. The van der Waals surface area contributed by atoms with Crippen molar-refractivity contribution in [1.29, 1.82) is 5.26 Å². The molecule has 2 aliphatic rings. The van der Waals surface area contributed by atoms with Crippen LogP contribution < -0.4 is 10.6 Å². The van der Waals surface area contributed by atoms with Gasteiger partial charge in [-0.2, -0.15) is 5.26 Å². The second-order valence-corrected chi connectivity index (χ2v) is 7.04. The fourth-order valence-corrected chi connectivity index (χ4v) is 3.33. The maximum Gasteiger partial charge on any atom is 0.189 e. The molecule has 0 bridgehead atoms. The van der Waals surface area contributed by atoms with Crippen LogP contribution in [0.1, 0.15) is 19.4 Å². The summed E-state index contributed by atoms with van der Waals surface area (Å²) >= 11 is 5.34. The molecule has 26 heavy (non-hydrogen) atoms. The molecule has 9 heteroatoms. The number of nitrogens with zero attached hydrogens (tertiary/aromatic N) is 1. The van der Waals surface area contributed by atoms with E-state index in [4.69, 9.17) is 31.7 Å². The summed E-state index contributed by atoms with van der Waals surface area (Å²) in [5, 5.41) is 34.6. The molecule has 0 radical (unpaired) electrons. The highest BCUT2D eigenvalue weighted by atomic mass is 32.1. The first kappa shape index (κ1) is 19.0. The lowest BCUT2D eigenvalue weighted by atomic mass is 10.0. The molecule has 0 aromatic heterocycles. The normalized spacial score (nSPS) is 30.3. The second kappa shape index (κ2) is 7.44. The molecule has 8 nitrogen and oxygen atoms in total. The van der Waals surface area contributed by atoms with E-state index in [2.05, 4.69) is 10.6 Å². The van der Waals surface area contributed by atoms with Crippen LogP contribution in [0.5, 0.6) is 0 Å². The maximum absolute atomic E-state index is 10.1. The second-order valence-electron chi connectivity index (χ2n) is 6.63. The summed E-state index contributed by atoms with van der Waals surface area (Å²) in [6.07, 6.45) is -3.00. The number of nitrogens with one attached hydrogen (secondary N) is 2. The van der Waals surface area contributed by atoms with E-state index in [1.165, 1.54) is 0 Å². The molecule has 2 fully saturated rings. The van der Waals surface area contributed by atoms with E-state index in [0.29, 0.717) is 16.4 Å². The molecule has 1 aromatic rings. The highest BCUT2D eigenvalue weighted by Crippen LogP contribution is 2.38. The number of fused-ring (bicyclic) bond motifs is 1. The zero-order valence-electron chi connectivity index (χ0n) is 14.4. The summed E-state index contributed by atoms with van der Waals surface area (Å²) in [5.41, 5.74) is 1.26. The van der Waals surface area contributed by atoms with Crippen molar-refractivity contribution in [2.45, 2.75) is 50.3 Å². The zero-order valence-corrected chi connectivity index (χ0v) is 15.2. The van der Waals surface area contributed by atoms with E-state index in [9.17, 15) is 10.2 Å². The van der Waals surface area contributed by atoms with Crippen molar-refractivity contribution in [3.05, 3.63) is 29.8 Å². The minimum Gasteiger partial charge on any atom is -0.394 e. The van der Waals surface area contributed by atoms with E-state index < -0.39 is 43.0 Å². The molecular weight excluding hydrogens is 358 g/mol. The lowest BCUT2D eigenvalue weighted by Gasteiger charge is -2.29. The number of aliphatic hydroxyl groups is 2. The molecule has 0 spiro atoms. The molecule has 2 heterocycles. The van der Waals surface area contributed by atoms with Gasteiger partial charge in [0, 0.05) is 5.69 Å². The summed E-state index contributed by atoms with van der Waals surface area (Å²) in [6, 6.07) is 8.36. The Morgan fingerprint density at radius 2 is 2.04 bits per heavy atom. The van der Waals surface area contributed by atoms with Gasteiger partial charge in [-0.25, -0.2) is 0 Å². The van der Waals surface area contributed by atoms with Crippen LogP contribution in [0.15, 0.2) is 24.3 Å². The van der Waals surface area contributed by atoms with Crippen LogP contribution in [-0.4, -0.2) is 58.4 Å². The van der Waals surface area contributed by atoms with Crippen molar-refractivity contribution in [3.63, 3.8) is 0 Å². The van der Waals surface area contributed by atoms with Gasteiger partial charge in [-0.1, -0.05) is 0 Å². The van der Waals surface area contributed by atoms with E-state index in [1.54, 1.807) is 38.1 Å². The molecule has 0 amide bonds. The number of hydrogen-bond acceptors (Lipinski definition) is 7. The molecule has 1 aromatic carbocycles. The smallest absolute Gasteiger partial charge is 0.189 e. The van der Waals surface area contributed by atoms with Gasteiger partial charge >= 0.3 is 0 Å². The van der Waals surface area contributed by atoms with E-state index >= 15 is 0 Å². The van der Waals surface area contributed by atoms with E-state index in [0.717, 1.165) is 0 Å². The lowest BCUT2D eigenvalue weighted by Crippen LogP contribution is -2.53. The van der Waals surface area contributed by atoms with Crippen LogP contribution in [0.25, 0.3) is 0 Å². The average molecular weight is 379 g/mol. The van der Waals surface area contributed by atoms with Gasteiger partial charge in [0.25, 0.3) is 0 Å². The number of anilines is 1. The fraction of sp³-hybridized carbons (Fsp3) is 0.529. The Morgan fingerprint density at radius 3 is 2.65 bits per heavy atom. The van der Waals surface area contributed by atoms with Crippen LogP contribution >= 0.6 is 12.2 Å². The van der Waals surface area contributed by atoms with Crippen LogP contribution in [-0.2, 0) is 14.2 Å². The SMILES string of the molecule is CC1(C)O[C@H]2O[C@H]([C@H](O)CO)[C@H](NC(=S)Nc3ccc(C#N)cc3)[C@H]2O1. The zero-order chi connectivity index (χ0) is 18.9. The summed E-state index contributed by atoms with van der Waals surface area (Å²) in [4.78, 5) is 0.